The molecule has 2 heterocycles. The fourth-order valence-corrected chi connectivity index (χ4v) is 3.94. The minimum Gasteiger partial charge on any atom is -0.306 e. The molecular weight excluding hydrogens is 252 g/mol. The van der Waals surface area contributed by atoms with Crippen LogP contribution in [0.5, 0.6) is 0 Å². The highest BCUT2D eigenvalue weighted by molar-refractivity contribution is 7.10. The van der Waals surface area contributed by atoms with E-state index in [1.165, 1.54) is 30.7 Å². The normalized spacial score (nSPS) is 30.4. The van der Waals surface area contributed by atoms with Crippen molar-refractivity contribution in [3.8, 4) is 0 Å². The van der Waals surface area contributed by atoms with Crippen molar-refractivity contribution in [3.63, 3.8) is 0 Å². The molecule has 19 heavy (non-hydrogen) atoms. The molecule has 0 saturated carbocycles. The lowest BCUT2D eigenvalue weighted by Gasteiger charge is -2.41. The lowest BCUT2D eigenvalue weighted by atomic mass is 9.89. The van der Waals surface area contributed by atoms with E-state index in [1.54, 1.807) is 0 Å². The summed E-state index contributed by atoms with van der Waals surface area (Å²) in [5.74, 6) is 0.737. The molecule has 108 valence electrons. The van der Waals surface area contributed by atoms with Gasteiger partial charge in [-0.25, -0.2) is 0 Å². The minimum absolute atomic E-state index is 0.549. The largest absolute Gasteiger partial charge is 0.306 e. The zero-order valence-corrected chi connectivity index (χ0v) is 13.5. The van der Waals surface area contributed by atoms with Crippen LogP contribution in [0.4, 0.5) is 0 Å². The van der Waals surface area contributed by atoms with Gasteiger partial charge in [0.1, 0.15) is 0 Å². The number of hydrogen-bond acceptors (Lipinski definition) is 3. The first-order valence-corrected chi connectivity index (χ1v) is 8.49. The lowest BCUT2D eigenvalue weighted by molar-refractivity contribution is 0.115. The van der Waals surface area contributed by atoms with Crippen LogP contribution in [-0.4, -0.2) is 30.6 Å². The van der Waals surface area contributed by atoms with Gasteiger partial charge in [-0.05, 0) is 44.2 Å². The molecule has 3 heteroatoms. The summed E-state index contributed by atoms with van der Waals surface area (Å²) in [6, 6.07) is 6.35. The molecule has 1 aromatic rings. The maximum absolute atomic E-state index is 3.94. The van der Waals surface area contributed by atoms with Crippen LogP contribution < -0.4 is 5.32 Å². The van der Waals surface area contributed by atoms with E-state index in [4.69, 9.17) is 0 Å². The van der Waals surface area contributed by atoms with Gasteiger partial charge in [0.15, 0.2) is 0 Å². The maximum Gasteiger partial charge on any atom is 0.0416 e. The number of likely N-dealkylation sites (tertiary alicyclic amines) is 1. The van der Waals surface area contributed by atoms with Crippen molar-refractivity contribution < 1.29 is 0 Å². The summed E-state index contributed by atoms with van der Waals surface area (Å²) >= 11 is 1.89. The second kappa shape index (κ2) is 6.87. The smallest absolute Gasteiger partial charge is 0.0416 e. The molecule has 1 saturated heterocycles. The fourth-order valence-electron chi connectivity index (χ4n) is 3.12. The summed E-state index contributed by atoms with van der Waals surface area (Å²) in [6.07, 6.45) is 3.75. The molecule has 0 aliphatic carbocycles. The van der Waals surface area contributed by atoms with Crippen LogP contribution in [0.25, 0.3) is 0 Å². The molecular formula is C16H28N2S. The van der Waals surface area contributed by atoms with Gasteiger partial charge in [0.05, 0.1) is 0 Å². The number of piperidine rings is 1. The Morgan fingerprint density at radius 3 is 2.89 bits per heavy atom. The molecule has 2 rings (SSSR count). The third-order valence-corrected chi connectivity index (χ3v) is 5.48. The van der Waals surface area contributed by atoms with E-state index >= 15 is 0 Å². The third-order valence-electron chi connectivity index (χ3n) is 4.49. The second-order valence-electron chi connectivity index (χ2n) is 6.13. The van der Waals surface area contributed by atoms with Crippen molar-refractivity contribution >= 4 is 11.3 Å². The molecule has 4 atom stereocenters. The van der Waals surface area contributed by atoms with E-state index in [-0.39, 0.29) is 0 Å². The Balaban J connectivity index is 2.00. The first kappa shape index (κ1) is 15.0. The van der Waals surface area contributed by atoms with Crippen LogP contribution in [0.1, 0.15) is 51.0 Å². The highest BCUT2D eigenvalue weighted by Crippen LogP contribution is 2.28. The molecule has 0 amide bonds. The standard InChI is InChI=1S/C16H28N2S/c1-5-7-14(16-8-6-9-19-16)17-15-10-13(3)18(4)11-12(15)2/h6,8-9,12-15,17H,5,7,10-11H2,1-4H3. The van der Waals surface area contributed by atoms with Gasteiger partial charge in [0.25, 0.3) is 0 Å². The van der Waals surface area contributed by atoms with Crippen molar-refractivity contribution in [2.45, 2.75) is 58.2 Å². The molecule has 4 unspecified atom stereocenters. The quantitative estimate of drug-likeness (QED) is 0.880. The third kappa shape index (κ3) is 3.80. The highest BCUT2D eigenvalue weighted by Gasteiger charge is 2.30. The molecule has 2 nitrogen and oxygen atoms in total. The van der Waals surface area contributed by atoms with E-state index < -0.39 is 0 Å². The van der Waals surface area contributed by atoms with Crippen LogP contribution >= 0.6 is 11.3 Å². The monoisotopic (exact) mass is 280 g/mol. The zero-order valence-electron chi connectivity index (χ0n) is 12.7. The SMILES string of the molecule is CCCC(NC1CC(C)N(C)CC1C)c1cccs1. The summed E-state index contributed by atoms with van der Waals surface area (Å²) in [5, 5.41) is 6.14. The van der Waals surface area contributed by atoms with E-state index in [2.05, 4.69) is 55.5 Å². The Hall–Kier alpha value is -0.380. The van der Waals surface area contributed by atoms with Gasteiger partial charge in [-0.3, -0.25) is 0 Å². The molecule has 1 aromatic heterocycles. The summed E-state index contributed by atoms with van der Waals surface area (Å²) in [5.41, 5.74) is 0. The van der Waals surface area contributed by atoms with Gasteiger partial charge in [-0.2, -0.15) is 0 Å². The summed E-state index contributed by atoms with van der Waals surface area (Å²) in [6.45, 7) is 8.23. The predicted octanol–water partition coefficient (Wildman–Crippen LogP) is 3.91. The van der Waals surface area contributed by atoms with Crippen molar-refractivity contribution in [2.24, 2.45) is 5.92 Å². The Kier molecular flexibility index (Phi) is 5.43. The maximum atomic E-state index is 3.94. The fraction of sp³-hybridized carbons (Fsp3) is 0.750. The van der Waals surface area contributed by atoms with E-state index in [0.717, 1.165) is 5.92 Å². The molecule has 1 aliphatic rings. The van der Waals surface area contributed by atoms with Gasteiger partial charge in [-0.15, -0.1) is 11.3 Å². The number of rotatable bonds is 5. The van der Waals surface area contributed by atoms with Crippen LogP contribution in [0, 0.1) is 5.92 Å². The first-order valence-electron chi connectivity index (χ1n) is 7.61. The number of nitrogens with one attached hydrogen (secondary N) is 1. The second-order valence-corrected chi connectivity index (χ2v) is 7.11. The molecule has 1 aliphatic heterocycles. The molecule has 1 fully saturated rings. The van der Waals surface area contributed by atoms with Crippen LogP contribution in [-0.2, 0) is 0 Å². The predicted molar refractivity (Wildman–Crippen MR) is 84.8 cm³/mol. The average Bonchev–Trinajstić information content (AvgIpc) is 2.89. The number of thiophene rings is 1. The molecule has 0 bridgehead atoms. The van der Waals surface area contributed by atoms with Gasteiger partial charge in [0, 0.05) is 29.5 Å². The number of nitrogens with zero attached hydrogens (tertiary/aromatic N) is 1. The molecule has 0 radical (unpaired) electrons. The molecule has 0 spiro atoms. The molecule has 0 aromatic carbocycles. The van der Waals surface area contributed by atoms with E-state index in [1.807, 2.05) is 11.3 Å². The Morgan fingerprint density at radius 1 is 1.47 bits per heavy atom. The average molecular weight is 280 g/mol. The summed E-state index contributed by atoms with van der Waals surface area (Å²) < 4.78 is 0. The minimum atomic E-state index is 0.549. The Morgan fingerprint density at radius 2 is 2.26 bits per heavy atom. The van der Waals surface area contributed by atoms with E-state index in [9.17, 15) is 0 Å². The van der Waals surface area contributed by atoms with Gasteiger partial charge < -0.3 is 10.2 Å². The van der Waals surface area contributed by atoms with Crippen molar-refractivity contribution in [1.29, 1.82) is 0 Å². The first-order chi connectivity index (χ1) is 9.11. The summed E-state index contributed by atoms with van der Waals surface area (Å²) in [4.78, 5) is 3.99. The van der Waals surface area contributed by atoms with Gasteiger partial charge in [0.2, 0.25) is 0 Å². The van der Waals surface area contributed by atoms with Crippen molar-refractivity contribution in [1.82, 2.24) is 10.2 Å². The van der Waals surface area contributed by atoms with E-state index in [0.29, 0.717) is 18.1 Å². The zero-order chi connectivity index (χ0) is 13.8. The Labute approximate surface area is 122 Å². The molecule has 1 N–H and O–H groups in total. The summed E-state index contributed by atoms with van der Waals surface area (Å²) in [7, 11) is 2.25. The van der Waals surface area contributed by atoms with Crippen LogP contribution in [0.3, 0.4) is 0 Å². The van der Waals surface area contributed by atoms with Gasteiger partial charge in [-0.1, -0.05) is 26.3 Å². The Bertz CT molecular complexity index is 363. The van der Waals surface area contributed by atoms with Crippen molar-refractivity contribution in [2.75, 3.05) is 13.6 Å². The van der Waals surface area contributed by atoms with Crippen LogP contribution in [0.2, 0.25) is 0 Å². The van der Waals surface area contributed by atoms with Gasteiger partial charge >= 0.3 is 0 Å². The highest BCUT2D eigenvalue weighted by atomic mass is 32.1. The lowest BCUT2D eigenvalue weighted by Crippen LogP contribution is -2.51. The topological polar surface area (TPSA) is 15.3 Å². The van der Waals surface area contributed by atoms with Crippen molar-refractivity contribution in [3.05, 3.63) is 22.4 Å². The number of hydrogen-bond donors (Lipinski definition) is 1. The van der Waals surface area contributed by atoms with Crippen LogP contribution in [0.15, 0.2) is 17.5 Å².